The van der Waals surface area contributed by atoms with Crippen LogP contribution in [0, 0.1) is 6.92 Å². The number of rotatable bonds is 3. The van der Waals surface area contributed by atoms with Crippen molar-refractivity contribution in [1.29, 1.82) is 0 Å². The van der Waals surface area contributed by atoms with Gasteiger partial charge in [0.05, 0.1) is 0 Å². The van der Waals surface area contributed by atoms with Crippen molar-refractivity contribution < 1.29 is 4.79 Å². The van der Waals surface area contributed by atoms with Gasteiger partial charge >= 0.3 is 6.03 Å². The van der Waals surface area contributed by atoms with Crippen LogP contribution in [-0.2, 0) is 6.54 Å². The second kappa shape index (κ2) is 5.11. The van der Waals surface area contributed by atoms with Gasteiger partial charge in [-0.3, -0.25) is 5.32 Å². The molecule has 0 bridgehead atoms. The van der Waals surface area contributed by atoms with Crippen molar-refractivity contribution in [3.63, 3.8) is 0 Å². The number of urea groups is 1. The van der Waals surface area contributed by atoms with E-state index >= 15 is 0 Å². The van der Waals surface area contributed by atoms with E-state index in [1.165, 1.54) is 6.33 Å². The maximum Gasteiger partial charge on any atom is 0.321 e. The summed E-state index contributed by atoms with van der Waals surface area (Å²) in [6.45, 7) is 2.48. The number of carbonyl (C=O) groups is 1. The zero-order chi connectivity index (χ0) is 12.1. The van der Waals surface area contributed by atoms with Crippen molar-refractivity contribution in [2.24, 2.45) is 0 Å². The van der Waals surface area contributed by atoms with Gasteiger partial charge in [0, 0.05) is 6.54 Å². The lowest BCUT2D eigenvalue weighted by Gasteiger charge is -2.07. The Bertz CT molecular complexity index is 494. The summed E-state index contributed by atoms with van der Waals surface area (Å²) in [5.41, 5.74) is 2.23. The Morgan fingerprint density at radius 2 is 2.24 bits per heavy atom. The molecule has 2 rings (SSSR count). The number of H-pyrrole nitrogens is 1. The van der Waals surface area contributed by atoms with Gasteiger partial charge in [0.1, 0.15) is 6.33 Å². The van der Waals surface area contributed by atoms with Crippen LogP contribution >= 0.6 is 0 Å². The molecule has 0 saturated heterocycles. The summed E-state index contributed by atoms with van der Waals surface area (Å²) >= 11 is 0. The summed E-state index contributed by atoms with van der Waals surface area (Å²) in [6.07, 6.45) is 1.33. The summed E-state index contributed by atoms with van der Waals surface area (Å²) in [6, 6.07) is 7.58. The minimum Gasteiger partial charge on any atom is -0.334 e. The van der Waals surface area contributed by atoms with Crippen LogP contribution in [0.2, 0.25) is 0 Å². The zero-order valence-electron chi connectivity index (χ0n) is 9.40. The number of aryl methyl sites for hydroxylation is 1. The highest BCUT2D eigenvalue weighted by atomic mass is 16.2. The van der Waals surface area contributed by atoms with E-state index in [4.69, 9.17) is 0 Å². The van der Waals surface area contributed by atoms with Crippen LogP contribution < -0.4 is 10.6 Å². The van der Waals surface area contributed by atoms with E-state index in [1.54, 1.807) is 0 Å². The van der Waals surface area contributed by atoms with Crippen LogP contribution in [-0.4, -0.2) is 21.2 Å². The number of aromatic amines is 1. The number of aromatic nitrogens is 3. The molecule has 0 spiro atoms. The second-order valence-corrected chi connectivity index (χ2v) is 3.57. The van der Waals surface area contributed by atoms with Gasteiger partial charge in [-0.15, -0.1) is 0 Å². The minimum absolute atomic E-state index is 0.315. The predicted molar refractivity (Wildman–Crippen MR) is 63.4 cm³/mol. The van der Waals surface area contributed by atoms with E-state index in [0.29, 0.717) is 12.5 Å². The molecular weight excluding hydrogens is 218 g/mol. The van der Waals surface area contributed by atoms with Crippen molar-refractivity contribution in [1.82, 2.24) is 20.5 Å². The molecular formula is C11H13N5O. The van der Waals surface area contributed by atoms with Crippen molar-refractivity contribution in [3.8, 4) is 0 Å². The fraction of sp³-hybridized carbons (Fsp3) is 0.182. The molecule has 3 N–H and O–H groups in total. The van der Waals surface area contributed by atoms with Crippen LogP contribution in [0.15, 0.2) is 30.6 Å². The molecule has 0 aliphatic rings. The first-order chi connectivity index (χ1) is 8.25. The fourth-order valence-electron chi connectivity index (χ4n) is 1.40. The van der Waals surface area contributed by atoms with Crippen LogP contribution in [0.5, 0.6) is 0 Å². The van der Waals surface area contributed by atoms with E-state index in [9.17, 15) is 4.79 Å². The topological polar surface area (TPSA) is 82.7 Å². The van der Waals surface area contributed by atoms with Crippen LogP contribution in [0.3, 0.4) is 0 Å². The number of amides is 2. The fourth-order valence-corrected chi connectivity index (χ4v) is 1.40. The van der Waals surface area contributed by atoms with Gasteiger partial charge in [0.2, 0.25) is 5.95 Å². The minimum atomic E-state index is -0.315. The lowest BCUT2D eigenvalue weighted by atomic mass is 10.1. The van der Waals surface area contributed by atoms with Crippen LogP contribution in [0.4, 0.5) is 10.7 Å². The highest BCUT2D eigenvalue weighted by molar-refractivity contribution is 5.87. The van der Waals surface area contributed by atoms with E-state index in [2.05, 4.69) is 25.8 Å². The smallest absolute Gasteiger partial charge is 0.321 e. The van der Waals surface area contributed by atoms with E-state index < -0.39 is 0 Å². The molecule has 2 aromatic rings. The normalized spacial score (nSPS) is 9.94. The number of nitrogens with zero attached hydrogens (tertiary/aromatic N) is 2. The van der Waals surface area contributed by atoms with E-state index in [-0.39, 0.29) is 6.03 Å². The number of benzene rings is 1. The molecule has 0 unspecified atom stereocenters. The standard InChI is InChI=1S/C11H13N5O/c1-8-4-2-3-5-9(8)6-12-11(17)15-10-13-7-14-16-10/h2-5,7H,6H2,1H3,(H3,12,13,14,15,16,17). The van der Waals surface area contributed by atoms with Gasteiger partial charge in [-0.05, 0) is 18.1 Å². The van der Waals surface area contributed by atoms with Gasteiger partial charge in [-0.2, -0.15) is 10.1 Å². The largest absolute Gasteiger partial charge is 0.334 e. The average Bonchev–Trinajstić information content (AvgIpc) is 2.81. The first kappa shape index (κ1) is 11.1. The molecule has 0 atom stereocenters. The van der Waals surface area contributed by atoms with Gasteiger partial charge in [0.25, 0.3) is 0 Å². The Hall–Kier alpha value is -2.37. The number of hydrogen-bond donors (Lipinski definition) is 3. The zero-order valence-corrected chi connectivity index (χ0v) is 9.40. The quantitative estimate of drug-likeness (QED) is 0.747. The molecule has 6 heteroatoms. The molecule has 0 aliphatic heterocycles. The maximum atomic E-state index is 11.5. The Morgan fingerprint density at radius 3 is 2.94 bits per heavy atom. The van der Waals surface area contributed by atoms with Crippen molar-refractivity contribution >= 4 is 12.0 Å². The summed E-state index contributed by atoms with van der Waals surface area (Å²) in [5, 5.41) is 11.4. The van der Waals surface area contributed by atoms with Crippen molar-refractivity contribution in [3.05, 3.63) is 41.7 Å². The maximum absolute atomic E-state index is 11.5. The third-order valence-electron chi connectivity index (χ3n) is 2.35. The summed E-state index contributed by atoms with van der Waals surface area (Å²) < 4.78 is 0. The molecule has 0 saturated carbocycles. The first-order valence-corrected chi connectivity index (χ1v) is 5.20. The number of anilines is 1. The molecule has 1 aromatic carbocycles. The predicted octanol–water partition coefficient (Wildman–Crippen LogP) is 1.43. The molecule has 0 fully saturated rings. The molecule has 88 valence electrons. The highest BCUT2D eigenvalue weighted by Crippen LogP contribution is 2.06. The molecule has 1 heterocycles. The number of carbonyl (C=O) groups excluding carboxylic acids is 1. The van der Waals surface area contributed by atoms with E-state index in [1.807, 2.05) is 31.2 Å². The Labute approximate surface area is 98.5 Å². The van der Waals surface area contributed by atoms with E-state index in [0.717, 1.165) is 11.1 Å². The SMILES string of the molecule is Cc1ccccc1CNC(=O)Nc1ncn[nH]1. The summed E-state index contributed by atoms with van der Waals surface area (Å²) in [7, 11) is 0. The lowest BCUT2D eigenvalue weighted by Crippen LogP contribution is -2.28. The first-order valence-electron chi connectivity index (χ1n) is 5.20. The van der Waals surface area contributed by atoms with Gasteiger partial charge in [0.15, 0.2) is 0 Å². The molecule has 1 aromatic heterocycles. The van der Waals surface area contributed by atoms with Gasteiger partial charge in [-0.1, -0.05) is 24.3 Å². The van der Waals surface area contributed by atoms with Crippen molar-refractivity contribution in [2.45, 2.75) is 13.5 Å². The summed E-state index contributed by atoms with van der Waals surface area (Å²) in [5.74, 6) is 0.326. The molecule has 0 aliphatic carbocycles. The number of hydrogen-bond acceptors (Lipinski definition) is 3. The Balaban J connectivity index is 1.86. The summed E-state index contributed by atoms with van der Waals surface area (Å²) in [4.78, 5) is 15.3. The van der Waals surface area contributed by atoms with Crippen LogP contribution in [0.25, 0.3) is 0 Å². The average molecular weight is 231 g/mol. The monoisotopic (exact) mass is 231 g/mol. The second-order valence-electron chi connectivity index (χ2n) is 3.57. The highest BCUT2D eigenvalue weighted by Gasteiger charge is 2.03. The molecule has 2 amide bonds. The third-order valence-corrected chi connectivity index (χ3v) is 2.35. The molecule has 0 radical (unpaired) electrons. The van der Waals surface area contributed by atoms with Crippen molar-refractivity contribution in [2.75, 3.05) is 5.32 Å². The van der Waals surface area contributed by atoms with Crippen LogP contribution in [0.1, 0.15) is 11.1 Å². The third kappa shape index (κ3) is 3.04. The lowest BCUT2D eigenvalue weighted by molar-refractivity contribution is 0.251. The Kier molecular flexibility index (Phi) is 3.34. The van der Waals surface area contributed by atoms with Gasteiger partial charge in [-0.25, -0.2) is 9.89 Å². The number of nitrogens with one attached hydrogen (secondary N) is 3. The van der Waals surface area contributed by atoms with Gasteiger partial charge < -0.3 is 5.32 Å². The Morgan fingerprint density at radius 1 is 1.41 bits per heavy atom. The molecule has 6 nitrogen and oxygen atoms in total. The molecule has 17 heavy (non-hydrogen) atoms.